The number of aromatic nitrogens is 1. The first-order valence-corrected chi connectivity index (χ1v) is 15.4. The van der Waals surface area contributed by atoms with Gasteiger partial charge in [-0.05, 0) is 83.4 Å². The van der Waals surface area contributed by atoms with Crippen LogP contribution in [0.2, 0.25) is 0 Å². The Bertz CT molecular complexity index is 2900. The molecule has 8 aromatic rings. The SMILES string of the molecule is c1ccc(-n2c3ccccc3c3ccc4c(c32)=c2c3c(ccc2=c2ccccc2=c2ccccc2=4)-c2ccccc2C3)cc1. The van der Waals surface area contributed by atoms with Gasteiger partial charge in [-0.15, -0.1) is 0 Å². The molecule has 204 valence electrons. The molecular weight excluding hydrogens is 530 g/mol. The van der Waals surface area contributed by atoms with Crippen LogP contribution in [0.1, 0.15) is 11.1 Å². The Kier molecular flexibility index (Phi) is 4.84. The van der Waals surface area contributed by atoms with E-state index in [4.69, 9.17) is 0 Å². The monoisotopic (exact) mass is 557 g/mol. The van der Waals surface area contributed by atoms with Crippen LogP contribution in [0.5, 0.6) is 0 Å². The summed E-state index contributed by atoms with van der Waals surface area (Å²) in [5, 5.41) is 13.0. The fourth-order valence-corrected chi connectivity index (χ4v) is 8.01. The van der Waals surface area contributed by atoms with Gasteiger partial charge in [0.2, 0.25) is 0 Å². The van der Waals surface area contributed by atoms with Crippen LogP contribution in [-0.2, 0) is 6.42 Å². The average Bonchev–Trinajstić information content (AvgIpc) is 3.63. The minimum absolute atomic E-state index is 0.930. The van der Waals surface area contributed by atoms with Crippen LogP contribution in [0.3, 0.4) is 0 Å². The molecule has 0 bridgehead atoms. The molecule has 2 aliphatic carbocycles. The summed E-state index contributed by atoms with van der Waals surface area (Å²) >= 11 is 0. The molecule has 0 atom stereocenters. The van der Waals surface area contributed by atoms with E-state index in [2.05, 4.69) is 156 Å². The van der Waals surface area contributed by atoms with Gasteiger partial charge >= 0.3 is 0 Å². The van der Waals surface area contributed by atoms with E-state index in [1.54, 1.807) is 0 Å². The third kappa shape index (κ3) is 3.13. The number of rotatable bonds is 1. The molecule has 0 N–H and O–H groups in total. The molecule has 0 fully saturated rings. The highest BCUT2D eigenvalue weighted by molar-refractivity contribution is 6.09. The Labute approximate surface area is 253 Å². The van der Waals surface area contributed by atoms with Crippen LogP contribution in [0.25, 0.3) is 38.6 Å². The van der Waals surface area contributed by atoms with Crippen molar-refractivity contribution < 1.29 is 0 Å². The molecule has 0 unspecified atom stereocenters. The van der Waals surface area contributed by atoms with Crippen molar-refractivity contribution in [2.75, 3.05) is 0 Å². The number of benzene rings is 7. The molecule has 10 rings (SSSR count). The second-order valence-corrected chi connectivity index (χ2v) is 12.0. The molecule has 1 nitrogen and oxygen atoms in total. The fourth-order valence-electron chi connectivity index (χ4n) is 8.01. The Balaban J connectivity index is 1.67. The quantitative estimate of drug-likeness (QED) is 0.189. The van der Waals surface area contributed by atoms with Gasteiger partial charge in [0.25, 0.3) is 0 Å². The van der Waals surface area contributed by atoms with Crippen LogP contribution >= 0.6 is 0 Å². The molecule has 0 saturated heterocycles. The van der Waals surface area contributed by atoms with Gasteiger partial charge in [-0.25, -0.2) is 0 Å². The summed E-state index contributed by atoms with van der Waals surface area (Å²) in [6, 6.07) is 56.2. The van der Waals surface area contributed by atoms with E-state index in [9.17, 15) is 0 Å². The summed E-state index contributed by atoms with van der Waals surface area (Å²) in [7, 11) is 0. The first-order valence-electron chi connectivity index (χ1n) is 15.4. The predicted molar refractivity (Wildman–Crippen MR) is 179 cm³/mol. The number of hydrogen-bond donors (Lipinski definition) is 0. The van der Waals surface area contributed by atoms with Crippen molar-refractivity contribution in [3.05, 3.63) is 205 Å². The second-order valence-electron chi connectivity index (χ2n) is 12.0. The fraction of sp³-hybridized carbons (Fsp3) is 0.0233. The lowest BCUT2D eigenvalue weighted by molar-refractivity contribution is 1.15. The molecule has 0 amide bonds. The van der Waals surface area contributed by atoms with Gasteiger partial charge in [0.1, 0.15) is 0 Å². The molecular formula is C43H27N. The molecule has 0 radical (unpaired) electrons. The first kappa shape index (κ1) is 23.9. The van der Waals surface area contributed by atoms with Crippen molar-refractivity contribution in [1.29, 1.82) is 0 Å². The number of hydrogen-bond acceptors (Lipinski definition) is 0. The molecule has 7 aromatic carbocycles. The van der Waals surface area contributed by atoms with Gasteiger partial charge in [-0.2, -0.15) is 0 Å². The van der Waals surface area contributed by atoms with Crippen molar-refractivity contribution in [1.82, 2.24) is 4.57 Å². The van der Waals surface area contributed by atoms with E-state index in [1.165, 1.54) is 91.5 Å². The van der Waals surface area contributed by atoms with Crippen molar-refractivity contribution in [2.45, 2.75) is 6.42 Å². The predicted octanol–water partition coefficient (Wildman–Crippen LogP) is 9.82. The highest BCUT2D eigenvalue weighted by Gasteiger charge is 2.22. The van der Waals surface area contributed by atoms with Gasteiger partial charge in [0, 0.05) is 21.7 Å². The molecule has 0 spiro atoms. The second kappa shape index (κ2) is 8.92. The molecule has 1 heteroatoms. The lowest BCUT2D eigenvalue weighted by Gasteiger charge is -2.11. The maximum Gasteiger partial charge on any atom is 0.0626 e. The highest BCUT2D eigenvalue weighted by atomic mass is 15.0. The number of para-hydroxylation sites is 2. The largest absolute Gasteiger partial charge is 0.309 e. The van der Waals surface area contributed by atoms with E-state index < -0.39 is 0 Å². The third-order valence-corrected chi connectivity index (χ3v) is 9.81. The van der Waals surface area contributed by atoms with Crippen LogP contribution in [0.15, 0.2) is 152 Å². The Morgan fingerprint density at radius 2 is 0.977 bits per heavy atom. The van der Waals surface area contributed by atoms with E-state index in [-0.39, 0.29) is 0 Å². The highest BCUT2D eigenvalue weighted by Crippen LogP contribution is 2.39. The maximum absolute atomic E-state index is 2.50. The lowest BCUT2D eigenvalue weighted by Crippen LogP contribution is -1.98. The number of fused-ring (bicyclic) bond motifs is 12. The minimum atomic E-state index is 0.930. The summed E-state index contributed by atoms with van der Waals surface area (Å²) in [6.07, 6.45) is 0.930. The minimum Gasteiger partial charge on any atom is -0.309 e. The van der Waals surface area contributed by atoms with Crippen molar-refractivity contribution >= 4 is 21.8 Å². The van der Waals surface area contributed by atoms with Crippen LogP contribution in [0.4, 0.5) is 0 Å². The molecule has 2 aliphatic rings. The van der Waals surface area contributed by atoms with E-state index in [0.717, 1.165) is 6.42 Å². The van der Waals surface area contributed by atoms with E-state index >= 15 is 0 Å². The Hall–Kier alpha value is -5.66. The number of nitrogens with zero attached hydrogens (tertiary/aromatic N) is 1. The summed E-state index contributed by atoms with van der Waals surface area (Å²) in [5.41, 5.74) is 9.24. The Morgan fingerprint density at radius 1 is 0.386 bits per heavy atom. The average molecular weight is 558 g/mol. The normalized spacial score (nSPS) is 12.5. The van der Waals surface area contributed by atoms with E-state index in [1.807, 2.05) is 0 Å². The molecule has 44 heavy (non-hydrogen) atoms. The van der Waals surface area contributed by atoms with Crippen LogP contribution < -0.4 is 0 Å². The topological polar surface area (TPSA) is 4.93 Å². The molecule has 0 saturated carbocycles. The van der Waals surface area contributed by atoms with Crippen molar-refractivity contribution in [3.8, 4) is 16.8 Å². The maximum atomic E-state index is 2.50. The smallest absolute Gasteiger partial charge is 0.0626 e. The van der Waals surface area contributed by atoms with Gasteiger partial charge in [-0.1, -0.05) is 133 Å². The zero-order chi connectivity index (χ0) is 28.8. The zero-order valence-corrected chi connectivity index (χ0v) is 24.1. The van der Waals surface area contributed by atoms with Crippen LogP contribution in [-0.4, -0.2) is 4.57 Å². The van der Waals surface area contributed by atoms with Gasteiger partial charge in [0.05, 0.1) is 11.0 Å². The summed E-state index contributed by atoms with van der Waals surface area (Å²) in [5.74, 6) is 0. The summed E-state index contributed by atoms with van der Waals surface area (Å²) < 4.78 is 2.50. The molecule has 0 aliphatic heterocycles. The summed E-state index contributed by atoms with van der Waals surface area (Å²) in [4.78, 5) is 0. The molecule has 1 heterocycles. The van der Waals surface area contributed by atoms with Gasteiger partial charge in [0.15, 0.2) is 0 Å². The standard InChI is InChI=1S/C43H27N/c1-2-13-28(14-3-1)44-40-21-11-10-20-35(40)38-25-24-37-33-19-9-7-17-31(33)30-16-6-8-18-32(30)36-23-22-34-29-15-5-4-12-27(29)26-39(34)41(36)42(37)43(38)44/h1-25H,26H2. The van der Waals surface area contributed by atoms with Crippen LogP contribution in [0, 0.1) is 41.7 Å². The third-order valence-electron chi connectivity index (χ3n) is 9.81. The van der Waals surface area contributed by atoms with Gasteiger partial charge in [-0.3, -0.25) is 0 Å². The lowest BCUT2D eigenvalue weighted by atomic mass is 9.95. The zero-order valence-electron chi connectivity index (χ0n) is 24.1. The Morgan fingerprint density at radius 3 is 1.75 bits per heavy atom. The molecule has 1 aromatic heterocycles. The summed E-state index contributed by atoms with van der Waals surface area (Å²) in [6.45, 7) is 0. The van der Waals surface area contributed by atoms with E-state index in [0.29, 0.717) is 0 Å². The van der Waals surface area contributed by atoms with Crippen molar-refractivity contribution in [3.63, 3.8) is 0 Å². The first-order chi connectivity index (χ1) is 21.9. The van der Waals surface area contributed by atoms with Gasteiger partial charge < -0.3 is 4.57 Å². The van der Waals surface area contributed by atoms with Crippen molar-refractivity contribution in [2.24, 2.45) is 0 Å².